The molecule has 1 fully saturated rings. The first-order chi connectivity index (χ1) is 25.2. The van der Waals surface area contributed by atoms with Gasteiger partial charge in [-0.2, -0.15) is 0 Å². The molecule has 0 bridgehead atoms. The lowest BCUT2D eigenvalue weighted by Gasteiger charge is -2.42. The van der Waals surface area contributed by atoms with Crippen molar-refractivity contribution in [2.24, 2.45) is 5.92 Å². The van der Waals surface area contributed by atoms with Crippen molar-refractivity contribution in [3.8, 4) is 17.2 Å². The van der Waals surface area contributed by atoms with Crippen molar-refractivity contribution in [1.29, 1.82) is 0 Å². The maximum Gasteiger partial charge on any atom is 0.319 e. The number of rotatable bonds is 13. The zero-order valence-electron chi connectivity index (χ0n) is 29.3. The second-order valence-electron chi connectivity index (χ2n) is 13.1. The summed E-state index contributed by atoms with van der Waals surface area (Å²) in [6.07, 6.45) is -1.98. The molecule has 0 saturated carbocycles. The highest BCUT2D eigenvalue weighted by Crippen LogP contribution is 2.42. The summed E-state index contributed by atoms with van der Waals surface area (Å²) < 4.78 is 19.0. The molecule has 1 heterocycles. The van der Waals surface area contributed by atoms with Crippen molar-refractivity contribution >= 4 is 11.7 Å². The molecule has 0 radical (unpaired) electrons. The lowest BCUT2D eigenvalue weighted by molar-refractivity contribution is -0.276. The van der Waals surface area contributed by atoms with Crippen LogP contribution >= 0.6 is 0 Å². The number of hydrogen-bond donors (Lipinski definition) is 5. The van der Waals surface area contributed by atoms with Crippen LogP contribution in [0.2, 0.25) is 0 Å². The molecule has 1 saturated heterocycles. The summed E-state index contributed by atoms with van der Waals surface area (Å²) in [5, 5.41) is 36.1. The number of carbonyl (C=O) groups is 1. The van der Waals surface area contributed by atoms with Crippen LogP contribution in [0.1, 0.15) is 53.2 Å². The van der Waals surface area contributed by atoms with E-state index >= 15 is 0 Å². The van der Waals surface area contributed by atoms with Gasteiger partial charge in [0.05, 0.1) is 24.9 Å². The molecule has 5 atom stereocenters. The van der Waals surface area contributed by atoms with Gasteiger partial charge in [0, 0.05) is 36.8 Å². The molecule has 5 N–H and O–H groups in total. The van der Waals surface area contributed by atoms with E-state index < -0.39 is 12.4 Å². The second kappa shape index (κ2) is 17.3. The number of nitrogens with one attached hydrogen (secondary N) is 2. The van der Waals surface area contributed by atoms with Gasteiger partial charge in [0.2, 0.25) is 0 Å². The van der Waals surface area contributed by atoms with E-state index in [0.717, 1.165) is 28.0 Å². The summed E-state index contributed by atoms with van der Waals surface area (Å²) in [5.74, 6) is 1.49. The van der Waals surface area contributed by atoms with Crippen molar-refractivity contribution in [3.63, 3.8) is 0 Å². The Balaban J connectivity index is 1.07. The highest BCUT2D eigenvalue weighted by atomic mass is 16.7. The summed E-state index contributed by atoms with van der Waals surface area (Å²) >= 11 is 0. The number of hydrogen-bond acceptors (Lipinski definition) is 8. The predicted octanol–water partition coefficient (Wildman–Crippen LogP) is 7.46. The Bertz CT molecular complexity index is 1870. The van der Waals surface area contributed by atoms with Gasteiger partial charge < -0.3 is 45.1 Å². The van der Waals surface area contributed by atoms with Crippen LogP contribution in [0.5, 0.6) is 17.2 Å². The number of likely N-dealkylation sites (N-methyl/N-ethyl adjacent to an activating group) is 1. The fourth-order valence-corrected chi connectivity index (χ4v) is 6.22. The first-order valence-corrected chi connectivity index (χ1v) is 17.4. The highest BCUT2D eigenvalue weighted by molar-refractivity contribution is 5.89. The molecule has 52 heavy (non-hydrogen) atoms. The van der Waals surface area contributed by atoms with Gasteiger partial charge in [-0.1, -0.05) is 85.8 Å². The monoisotopic (exact) mass is 703 g/mol. The maximum absolute atomic E-state index is 12.7. The molecule has 1 aliphatic heterocycles. The topological polar surface area (TPSA) is 133 Å². The first kappa shape index (κ1) is 36.6. The molecule has 0 aliphatic carbocycles. The van der Waals surface area contributed by atoms with Crippen molar-refractivity contribution in [2.45, 2.75) is 44.7 Å². The van der Waals surface area contributed by atoms with Crippen molar-refractivity contribution in [1.82, 2.24) is 10.2 Å². The zero-order chi connectivity index (χ0) is 36.5. The number of phenols is 1. The normalized spacial score (nSPS) is 19.2. The smallest absolute Gasteiger partial charge is 0.319 e. The standard InChI is InChI=1S/C42H45N3O7/c1-28-39(26-45(2)25-38(48)33-7-6-8-35(47)23-33)51-41(52-40(28)31-15-13-30(27-46)14-16-31)32-17-11-29(12-18-32)24-43-42(49)44-34-19-21-37(22-20-34)50-36-9-4-3-5-10-36/h3-23,28,38-41,46-48H,24-27H2,1-2H3,(H2,43,44,49). The van der Waals surface area contributed by atoms with Gasteiger partial charge >= 0.3 is 6.03 Å². The molecule has 1 aliphatic rings. The van der Waals surface area contributed by atoms with E-state index in [1.165, 1.54) is 0 Å². The van der Waals surface area contributed by atoms with Crippen molar-refractivity contribution in [2.75, 3.05) is 25.5 Å². The molecular weight excluding hydrogens is 658 g/mol. The fraction of sp³-hybridized carbons (Fsp3) is 0.262. The Morgan fingerprint density at radius 1 is 0.827 bits per heavy atom. The molecule has 270 valence electrons. The number of phenolic OH excluding ortho intramolecular Hbond substituents is 1. The van der Waals surface area contributed by atoms with E-state index in [1.807, 2.05) is 90.8 Å². The lowest BCUT2D eigenvalue weighted by Crippen LogP contribution is -2.44. The molecule has 10 heteroatoms. The maximum atomic E-state index is 12.7. The minimum Gasteiger partial charge on any atom is -0.508 e. The van der Waals surface area contributed by atoms with Crippen molar-refractivity contribution < 1.29 is 34.3 Å². The molecule has 2 amide bonds. The van der Waals surface area contributed by atoms with Crippen LogP contribution in [0.4, 0.5) is 10.5 Å². The van der Waals surface area contributed by atoms with Gasteiger partial charge in [-0.3, -0.25) is 0 Å². The van der Waals surface area contributed by atoms with Crippen LogP contribution < -0.4 is 15.4 Å². The zero-order valence-corrected chi connectivity index (χ0v) is 29.3. The van der Waals surface area contributed by atoms with E-state index in [0.29, 0.717) is 36.6 Å². The molecule has 0 aromatic heterocycles. The SMILES string of the molecule is CC1C(CN(C)CC(O)c2cccc(O)c2)OC(c2ccc(CNC(=O)Nc3ccc(Oc4ccccc4)cc3)cc2)OC1c1ccc(CO)cc1. The summed E-state index contributed by atoms with van der Waals surface area (Å²) in [6.45, 7) is 3.25. The van der Waals surface area contributed by atoms with Gasteiger partial charge in [-0.25, -0.2) is 4.79 Å². The minimum absolute atomic E-state index is 0.0360. The average Bonchev–Trinajstić information content (AvgIpc) is 3.16. The Hall–Kier alpha value is -5.23. The number of benzene rings is 5. The lowest BCUT2D eigenvalue weighted by atomic mass is 9.90. The number of anilines is 1. The van der Waals surface area contributed by atoms with Gasteiger partial charge in [0.15, 0.2) is 6.29 Å². The largest absolute Gasteiger partial charge is 0.508 e. The van der Waals surface area contributed by atoms with Gasteiger partial charge in [0.25, 0.3) is 0 Å². The third kappa shape index (κ3) is 9.75. The van der Waals surface area contributed by atoms with Crippen LogP contribution in [-0.4, -0.2) is 52.5 Å². The molecular formula is C42H45N3O7. The number of ether oxygens (including phenoxy) is 3. The van der Waals surface area contributed by atoms with E-state index in [-0.39, 0.29) is 36.5 Å². The average molecular weight is 704 g/mol. The van der Waals surface area contributed by atoms with Crippen LogP contribution in [0.3, 0.4) is 0 Å². The highest BCUT2D eigenvalue weighted by Gasteiger charge is 2.39. The molecule has 5 unspecified atom stereocenters. The summed E-state index contributed by atoms with van der Waals surface area (Å²) in [7, 11) is 1.94. The van der Waals surface area contributed by atoms with E-state index in [4.69, 9.17) is 14.2 Å². The predicted molar refractivity (Wildman–Crippen MR) is 199 cm³/mol. The van der Waals surface area contributed by atoms with Crippen LogP contribution in [0.25, 0.3) is 0 Å². The fourth-order valence-electron chi connectivity index (χ4n) is 6.22. The van der Waals surface area contributed by atoms with E-state index in [2.05, 4.69) is 17.6 Å². The van der Waals surface area contributed by atoms with E-state index in [9.17, 15) is 20.1 Å². The number of aromatic hydroxyl groups is 1. The van der Waals surface area contributed by atoms with Crippen LogP contribution in [0.15, 0.2) is 127 Å². The third-order valence-electron chi connectivity index (χ3n) is 9.15. The molecule has 10 nitrogen and oxygen atoms in total. The minimum atomic E-state index is -0.784. The van der Waals surface area contributed by atoms with Crippen LogP contribution in [0, 0.1) is 5.92 Å². The Labute approximate surface area is 304 Å². The summed E-state index contributed by atoms with van der Waals surface area (Å²) in [5.41, 5.74) is 4.83. The number of urea groups is 1. The summed E-state index contributed by atoms with van der Waals surface area (Å²) in [4.78, 5) is 14.7. The quantitative estimate of drug-likeness (QED) is 0.0854. The second-order valence-corrected chi connectivity index (χ2v) is 13.1. The first-order valence-electron chi connectivity index (χ1n) is 17.4. The Morgan fingerprint density at radius 3 is 2.19 bits per heavy atom. The number of amides is 2. The molecule has 5 aromatic rings. The van der Waals surface area contributed by atoms with Crippen LogP contribution in [-0.2, 0) is 22.6 Å². The number of para-hydroxylation sites is 1. The Kier molecular flexibility index (Phi) is 12.2. The number of aliphatic hydroxyl groups is 2. The molecule has 5 aromatic carbocycles. The number of nitrogens with zero attached hydrogens (tertiary/aromatic N) is 1. The van der Waals surface area contributed by atoms with Crippen molar-refractivity contribution in [3.05, 3.63) is 155 Å². The molecule has 6 rings (SSSR count). The van der Waals surface area contributed by atoms with Gasteiger partial charge in [-0.15, -0.1) is 0 Å². The number of aliphatic hydroxyl groups excluding tert-OH is 2. The third-order valence-corrected chi connectivity index (χ3v) is 9.15. The van der Waals surface area contributed by atoms with E-state index in [1.54, 1.807) is 48.5 Å². The Morgan fingerprint density at radius 2 is 1.50 bits per heavy atom. The molecule has 0 spiro atoms. The summed E-state index contributed by atoms with van der Waals surface area (Å²) in [6, 6.07) is 38.5. The van der Waals surface area contributed by atoms with Gasteiger partial charge in [-0.05, 0) is 77.8 Å². The van der Waals surface area contributed by atoms with Gasteiger partial charge in [0.1, 0.15) is 17.2 Å². The number of carbonyl (C=O) groups excluding carboxylic acids is 1.